The summed E-state index contributed by atoms with van der Waals surface area (Å²) < 4.78 is 29.2. The molecule has 2 aromatic carbocycles. The van der Waals surface area contributed by atoms with E-state index < -0.39 is 6.61 Å². The summed E-state index contributed by atoms with van der Waals surface area (Å²) in [6.07, 6.45) is 7.24. The first-order valence-corrected chi connectivity index (χ1v) is 13.2. The predicted octanol–water partition coefficient (Wildman–Crippen LogP) is 6.37. The van der Waals surface area contributed by atoms with Crippen LogP contribution in [0, 0.1) is 17.8 Å². The van der Waals surface area contributed by atoms with Crippen molar-refractivity contribution in [3.05, 3.63) is 53.1 Å². The average molecular weight is 521 g/mol. The highest BCUT2D eigenvalue weighted by Crippen LogP contribution is 2.55. The predicted molar refractivity (Wildman–Crippen MR) is 132 cm³/mol. The Morgan fingerprint density at radius 3 is 2.34 bits per heavy atom. The molecule has 4 aliphatic carbocycles. The number of nitrogens with one attached hydrogen (secondary N) is 2. The van der Waals surface area contributed by atoms with Gasteiger partial charge in [-0.3, -0.25) is 9.59 Å². The van der Waals surface area contributed by atoms with Gasteiger partial charge in [0.05, 0.1) is 16.3 Å². The molecule has 0 spiro atoms. The Morgan fingerprint density at radius 2 is 1.71 bits per heavy atom. The fraction of sp³-hybridized carbons (Fsp3) is 0.462. The second-order valence-corrected chi connectivity index (χ2v) is 11.4. The number of rotatable bonds is 8. The van der Waals surface area contributed by atoms with Crippen molar-refractivity contribution in [3.8, 4) is 5.75 Å². The maximum atomic E-state index is 12.9. The molecule has 4 saturated carbocycles. The smallest absolute Gasteiger partial charge is 0.387 e. The van der Waals surface area contributed by atoms with Crippen molar-refractivity contribution in [3.63, 3.8) is 0 Å². The van der Waals surface area contributed by atoms with Crippen LogP contribution in [-0.4, -0.2) is 29.7 Å². The minimum atomic E-state index is -2.99. The fourth-order valence-electron chi connectivity index (χ4n) is 6.49. The second-order valence-electron chi connectivity index (χ2n) is 10.0. The standard InChI is InChI=1S/C26H27ClF2N2O3S/c27-20-10-18(5-6-21(20)34-25(28)29)30-24(33)19-3-1-2-4-22(19)35-14-23(32)31-26-11-15-7-16(12-26)9-17(8-15)13-26/h1-6,10,15-17,25H,7-9,11-14H2,(H,30,33)(H,31,32). The molecule has 0 atom stereocenters. The van der Waals surface area contributed by atoms with Gasteiger partial charge in [-0.2, -0.15) is 8.78 Å². The third kappa shape index (κ3) is 5.59. The van der Waals surface area contributed by atoms with Crippen LogP contribution in [0.2, 0.25) is 5.02 Å². The number of alkyl halides is 2. The number of halogens is 3. The molecule has 4 aliphatic rings. The van der Waals surface area contributed by atoms with Crippen LogP contribution in [0.15, 0.2) is 47.4 Å². The lowest BCUT2D eigenvalue weighted by molar-refractivity contribution is -0.124. The Labute approximate surface area is 212 Å². The van der Waals surface area contributed by atoms with Crippen molar-refractivity contribution in [2.24, 2.45) is 17.8 Å². The number of benzene rings is 2. The minimum Gasteiger partial charge on any atom is -0.433 e. The highest BCUT2D eigenvalue weighted by atomic mass is 35.5. The van der Waals surface area contributed by atoms with E-state index in [1.807, 2.05) is 12.1 Å². The van der Waals surface area contributed by atoms with Crippen molar-refractivity contribution in [2.45, 2.75) is 55.6 Å². The molecule has 4 bridgehead atoms. The molecule has 35 heavy (non-hydrogen) atoms. The number of carbonyl (C=O) groups excluding carboxylic acids is 2. The molecule has 9 heteroatoms. The summed E-state index contributed by atoms with van der Waals surface area (Å²) in [7, 11) is 0. The van der Waals surface area contributed by atoms with Crippen molar-refractivity contribution in [1.82, 2.24) is 5.32 Å². The molecule has 6 rings (SSSR count). The summed E-state index contributed by atoms with van der Waals surface area (Å²) in [5.74, 6) is 1.95. The summed E-state index contributed by atoms with van der Waals surface area (Å²) >= 11 is 7.32. The molecule has 0 saturated heterocycles. The molecule has 2 amide bonds. The van der Waals surface area contributed by atoms with Crippen LogP contribution in [0.5, 0.6) is 5.75 Å². The lowest BCUT2D eigenvalue weighted by Gasteiger charge is -2.56. The molecule has 0 aromatic heterocycles. The first kappa shape index (κ1) is 24.4. The summed E-state index contributed by atoms with van der Waals surface area (Å²) in [5.41, 5.74) is 0.730. The Balaban J connectivity index is 1.20. The average Bonchev–Trinajstić information content (AvgIpc) is 2.78. The van der Waals surface area contributed by atoms with Crippen molar-refractivity contribution in [1.29, 1.82) is 0 Å². The Bertz CT molecular complexity index is 1090. The number of anilines is 1. The van der Waals surface area contributed by atoms with Gasteiger partial charge in [-0.05, 0) is 86.6 Å². The summed E-state index contributed by atoms with van der Waals surface area (Å²) in [6, 6.07) is 11.1. The molecule has 0 heterocycles. The van der Waals surface area contributed by atoms with E-state index in [1.54, 1.807) is 12.1 Å². The lowest BCUT2D eigenvalue weighted by Crippen LogP contribution is -2.60. The van der Waals surface area contributed by atoms with Gasteiger partial charge in [0.2, 0.25) is 5.91 Å². The largest absolute Gasteiger partial charge is 0.433 e. The molecule has 5 nitrogen and oxygen atoms in total. The minimum absolute atomic E-state index is 0.00793. The molecule has 0 aliphatic heterocycles. The van der Waals surface area contributed by atoms with Gasteiger partial charge in [0.15, 0.2) is 0 Å². The fourth-order valence-corrected chi connectivity index (χ4v) is 7.56. The zero-order valence-electron chi connectivity index (χ0n) is 19.1. The van der Waals surface area contributed by atoms with Crippen LogP contribution in [-0.2, 0) is 4.79 Å². The number of ether oxygens (including phenoxy) is 1. The van der Waals surface area contributed by atoms with Gasteiger partial charge in [0.1, 0.15) is 5.75 Å². The Kier molecular flexibility index (Phi) is 6.95. The number of hydrogen-bond donors (Lipinski definition) is 2. The van der Waals surface area contributed by atoms with E-state index in [9.17, 15) is 18.4 Å². The van der Waals surface area contributed by atoms with Gasteiger partial charge in [0, 0.05) is 16.1 Å². The van der Waals surface area contributed by atoms with E-state index >= 15 is 0 Å². The number of amides is 2. The van der Waals surface area contributed by atoms with Gasteiger partial charge in [-0.1, -0.05) is 23.7 Å². The van der Waals surface area contributed by atoms with E-state index in [1.165, 1.54) is 49.2 Å². The van der Waals surface area contributed by atoms with Gasteiger partial charge >= 0.3 is 6.61 Å². The first-order valence-electron chi connectivity index (χ1n) is 11.9. The first-order chi connectivity index (χ1) is 16.8. The highest BCUT2D eigenvalue weighted by Gasteiger charge is 2.51. The van der Waals surface area contributed by atoms with Gasteiger partial charge in [-0.25, -0.2) is 0 Å². The maximum absolute atomic E-state index is 12.9. The van der Waals surface area contributed by atoms with Crippen LogP contribution in [0.4, 0.5) is 14.5 Å². The highest BCUT2D eigenvalue weighted by molar-refractivity contribution is 8.00. The van der Waals surface area contributed by atoms with Crippen molar-refractivity contribution in [2.75, 3.05) is 11.1 Å². The van der Waals surface area contributed by atoms with Crippen LogP contribution in [0.3, 0.4) is 0 Å². The van der Waals surface area contributed by atoms with E-state index in [2.05, 4.69) is 15.4 Å². The lowest BCUT2D eigenvalue weighted by atomic mass is 9.53. The second kappa shape index (κ2) is 9.97. The zero-order valence-corrected chi connectivity index (χ0v) is 20.6. The monoisotopic (exact) mass is 520 g/mol. The summed E-state index contributed by atoms with van der Waals surface area (Å²) in [5, 5.41) is 6.06. The van der Waals surface area contributed by atoms with E-state index in [-0.39, 0.29) is 33.9 Å². The Morgan fingerprint density at radius 1 is 1.06 bits per heavy atom. The number of thioether (sulfide) groups is 1. The third-order valence-corrected chi connectivity index (χ3v) is 8.71. The third-order valence-electron chi connectivity index (χ3n) is 7.34. The molecular weight excluding hydrogens is 494 g/mol. The zero-order chi connectivity index (χ0) is 24.6. The molecular formula is C26H27ClF2N2O3S. The van der Waals surface area contributed by atoms with E-state index in [0.29, 0.717) is 16.1 Å². The van der Waals surface area contributed by atoms with Gasteiger partial charge in [0.25, 0.3) is 5.91 Å². The maximum Gasteiger partial charge on any atom is 0.387 e. The molecule has 2 N–H and O–H groups in total. The number of carbonyl (C=O) groups is 2. The van der Waals surface area contributed by atoms with E-state index in [4.69, 9.17) is 11.6 Å². The van der Waals surface area contributed by atoms with Crippen LogP contribution >= 0.6 is 23.4 Å². The van der Waals surface area contributed by atoms with Crippen LogP contribution < -0.4 is 15.4 Å². The molecule has 4 fully saturated rings. The van der Waals surface area contributed by atoms with Crippen LogP contribution in [0.1, 0.15) is 48.9 Å². The van der Waals surface area contributed by atoms with Gasteiger partial charge < -0.3 is 15.4 Å². The summed E-state index contributed by atoms with van der Waals surface area (Å²) in [4.78, 5) is 26.5. The van der Waals surface area contributed by atoms with Gasteiger partial charge in [-0.15, -0.1) is 11.8 Å². The van der Waals surface area contributed by atoms with Crippen molar-refractivity contribution < 1.29 is 23.1 Å². The molecule has 2 aromatic rings. The molecule has 0 radical (unpaired) electrons. The Hall–Kier alpha value is -2.32. The van der Waals surface area contributed by atoms with Crippen molar-refractivity contribution >= 4 is 40.9 Å². The molecule has 186 valence electrons. The van der Waals surface area contributed by atoms with E-state index in [0.717, 1.165) is 37.0 Å². The quantitative estimate of drug-likeness (QED) is 0.397. The SMILES string of the molecule is O=C(CSc1ccccc1C(=O)Nc1ccc(OC(F)F)c(Cl)c1)NC12CC3CC(CC(C3)C1)C2. The normalized spacial score (nSPS) is 26.6. The number of hydrogen-bond acceptors (Lipinski definition) is 4. The van der Waals surface area contributed by atoms with Crippen LogP contribution in [0.25, 0.3) is 0 Å². The summed E-state index contributed by atoms with van der Waals surface area (Å²) in [6.45, 7) is -2.99. The molecule has 0 unspecified atom stereocenters. The topological polar surface area (TPSA) is 67.4 Å².